The van der Waals surface area contributed by atoms with Gasteiger partial charge >= 0.3 is 0 Å². The highest BCUT2D eigenvalue weighted by Gasteiger charge is 2.10. The highest BCUT2D eigenvalue weighted by Crippen LogP contribution is 2.20. The van der Waals surface area contributed by atoms with Gasteiger partial charge in [-0.15, -0.1) is 0 Å². The van der Waals surface area contributed by atoms with Gasteiger partial charge in [-0.05, 0) is 30.0 Å². The molecule has 1 N–H and O–H groups in total. The molecule has 1 rings (SSSR count). The van der Waals surface area contributed by atoms with E-state index in [4.69, 9.17) is 9.29 Å². The van der Waals surface area contributed by atoms with Crippen LogP contribution in [-0.4, -0.2) is 26.7 Å². The van der Waals surface area contributed by atoms with Gasteiger partial charge in [-0.2, -0.15) is 8.42 Å². The second-order valence-corrected chi connectivity index (χ2v) is 5.15. The van der Waals surface area contributed by atoms with E-state index in [9.17, 15) is 8.42 Å². The molecule has 0 heterocycles. The summed E-state index contributed by atoms with van der Waals surface area (Å²) in [5.74, 6) is 0.301. The number of hydrogen-bond acceptors (Lipinski definition) is 3. The number of rotatable bonds is 5. The second kappa shape index (κ2) is 5.43. The van der Waals surface area contributed by atoms with Gasteiger partial charge in [-0.3, -0.25) is 4.55 Å². The minimum atomic E-state index is -4.09. The van der Waals surface area contributed by atoms with Crippen LogP contribution in [-0.2, 0) is 14.9 Å². The van der Waals surface area contributed by atoms with E-state index in [1.54, 1.807) is 19.2 Å². The second-order valence-electron chi connectivity index (χ2n) is 3.73. The van der Waals surface area contributed by atoms with Crippen LogP contribution in [0.15, 0.2) is 29.2 Å². The van der Waals surface area contributed by atoms with Gasteiger partial charge in [-0.1, -0.05) is 19.1 Å². The van der Waals surface area contributed by atoms with Crippen LogP contribution in [0.25, 0.3) is 0 Å². The van der Waals surface area contributed by atoms with Gasteiger partial charge in [0.2, 0.25) is 0 Å². The molecule has 0 bridgehead atoms. The Morgan fingerprint density at radius 1 is 1.31 bits per heavy atom. The van der Waals surface area contributed by atoms with Crippen molar-refractivity contribution in [3.63, 3.8) is 0 Å². The first-order valence-corrected chi connectivity index (χ1v) is 6.45. The van der Waals surface area contributed by atoms with Crippen LogP contribution in [0, 0.1) is 0 Å². The highest BCUT2D eigenvalue weighted by atomic mass is 32.2. The summed E-state index contributed by atoms with van der Waals surface area (Å²) in [6, 6.07) is 6.24. The summed E-state index contributed by atoms with van der Waals surface area (Å²) in [4.78, 5) is -0.0739. The molecule has 0 aliphatic heterocycles. The Morgan fingerprint density at radius 3 is 2.31 bits per heavy atom. The molecule has 1 aromatic carbocycles. The zero-order valence-corrected chi connectivity index (χ0v) is 10.2. The maximum absolute atomic E-state index is 10.8. The molecule has 0 fully saturated rings. The van der Waals surface area contributed by atoms with Crippen LogP contribution < -0.4 is 0 Å². The summed E-state index contributed by atoms with van der Waals surface area (Å²) in [7, 11) is -2.44. The molecule has 0 saturated heterocycles. The van der Waals surface area contributed by atoms with Crippen LogP contribution in [0.1, 0.15) is 24.8 Å². The number of hydrogen-bond donors (Lipinski definition) is 1. The van der Waals surface area contributed by atoms with Gasteiger partial charge < -0.3 is 4.74 Å². The summed E-state index contributed by atoms with van der Waals surface area (Å²) >= 11 is 0. The average molecular weight is 244 g/mol. The van der Waals surface area contributed by atoms with E-state index in [1.807, 2.05) is 6.92 Å². The van der Waals surface area contributed by atoms with Crippen molar-refractivity contribution in [2.24, 2.45) is 0 Å². The van der Waals surface area contributed by atoms with Crippen molar-refractivity contribution in [3.8, 4) is 0 Å². The maximum atomic E-state index is 10.8. The SMILES string of the molecule is COCCC(C)c1ccc(S(=O)(=O)O)cc1. The molecular formula is C11H16O4S. The highest BCUT2D eigenvalue weighted by molar-refractivity contribution is 7.85. The van der Waals surface area contributed by atoms with Crippen molar-refractivity contribution in [1.29, 1.82) is 0 Å². The summed E-state index contributed by atoms with van der Waals surface area (Å²) < 4.78 is 35.4. The molecule has 0 radical (unpaired) electrons. The molecule has 0 aliphatic carbocycles. The molecule has 1 unspecified atom stereocenters. The zero-order valence-electron chi connectivity index (χ0n) is 9.38. The fourth-order valence-corrected chi connectivity index (χ4v) is 1.91. The third kappa shape index (κ3) is 3.59. The van der Waals surface area contributed by atoms with Crippen molar-refractivity contribution in [2.75, 3.05) is 13.7 Å². The topological polar surface area (TPSA) is 63.6 Å². The Hall–Kier alpha value is -0.910. The standard InChI is InChI=1S/C11H16O4S/c1-9(7-8-15-2)10-3-5-11(6-4-10)16(12,13)14/h3-6,9H,7-8H2,1-2H3,(H,12,13,14). The number of ether oxygens (including phenoxy) is 1. The molecule has 1 aromatic rings. The van der Waals surface area contributed by atoms with E-state index in [0.717, 1.165) is 12.0 Å². The molecule has 90 valence electrons. The lowest BCUT2D eigenvalue weighted by Gasteiger charge is -2.11. The van der Waals surface area contributed by atoms with Gasteiger partial charge in [0.05, 0.1) is 4.90 Å². The lowest BCUT2D eigenvalue weighted by molar-refractivity contribution is 0.189. The van der Waals surface area contributed by atoms with Crippen LogP contribution >= 0.6 is 0 Å². The Balaban J connectivity index is 2.79. The summed E-state index contributed by atoms with van der Waals surface area (Å²) in [5, 5.41) is 0. The van der Waals surface area contributed by atoms with Crippen LogP contribution in [0.2, 0.25) is 0 Å². The van der Waals surface area contributed by atoms with E-state index >= 15 is 0 Å². The van der Waals surface area contributed by atoms with Crippen LogP contribution in [0.4, 0.5) is 0 Å². The van der Waals surface area contributed by atoms with E-state index in [2.05, 4.69) is 0 Å². The van der Waals surface area contributed by atoms with E-state index < -0.39 is 10.1 Å². The maximum Gasteiger partial charge on any atom is 0.294 e. The lowest BCUT2D eigenvalue weighted by Crippen LogP contribution is -2.01. The van der Waals surface area contributed by atoms with Crippen LogP contribution in [0.5, 0.6) is 0 Å². The third-order valence-corrected chi connectivity index (χ3v) is 3.37. The fraction of sp³-hybridized carbons (Fsp3) is 0.455. The first-order chi connectivity index (χ1) is 7.45. The number of benzene rings is 1. The molecule has 0 saturated carbocycles. The van der Waals surface area contributed by atoms with E-state index in [0.29, 0.717) is 12.5 Å². The van der Waals surface area contributed by atoms with Crippen LogP contribution in [0.3, 0.4) is 0 Å². The van der Waals surface area contributed by atoms with Crippen molar-refractivity contribution in [3.05, 3.63) is 29.8 Å². The normalized spacial score (nSPS) is 13.7. The summed E-state index contributed by atoms with van der Waals surface area (Å²) in [5.41, 5.74) is 1.03. The third-order valence-electron chi connectivity index (χ3n) is 2.50. The van der Waals surface area contributed by atoms with Gasteiger partial charge in [0.25, 0.3) is 10.1 Å². The molecule has 1 atom stereocenters. The Kier molecular flexibility index (Phi) is 4.46. The lowest BCUT2D eigenvalue weighted by atomic mass is 9.98. The predicted octanol–water partition coefficient (Wildman–Crippen LogP) is 2.07. The number of methoxy groups -OCH3 is 1. The summed E-state index contributed by atoms with van der Waals surface area (Å²) in [6.45, 7) is 2.71. The molecule has 0 spiro atoms. The fourth-order valence-electron chi connectivity index (χ4n) is 1.43. The Morgan fingerprint density at radius 2 is 1.88 bits per heavy atom. The first-order valence-electron chi connectivity index (χ1n) is 5.01. The molecule has 0 aromatic heterocycles. The van der Waals surface area contributed by atoms with Gasteiger partial charge in [0.15, 0.2) is 0 Å². The first kappa shape index (κ1) is 13.2. The molecule has 4 nitrogen and oxygen atoms in total. The zero-order chi connectivity index (χ0) is 12.2. The molecule has 0 amide bonds. The predicted molar refractivity (Wildman–Crippen MR) is 61.2 cm³/mol. The smallest absolute Gasteiger partial charge is 0.294 e. The molecular weight excluding hydrogens is 228 g/mol. The monoisotopic (exact) mass is 244 g/mol. The van der Waals surface area contributed by atoms with Gasteiger partial charge in [0.1, 0.15) is 0 Å². The van der Waals surface area contributed by atoms with Crippen molar-refractivity contribution in [1.82, 2.24) is 0 Å². The van der Waals surface area contributed by atoms with Crippen molar-refractivity contribution in [2.45, 2.75) is 24.2 Å². The quantitative estimate of drug-likeness (QED) is 0.805. The Labute approximate surface area is 96.0 Å². The minimum Gasteiger partial charge on any atom is -0.385 e. The van der Waals surface area contributed by atoms with Crippen molar-refractivity contribution < 1.29 is 17.7 Å². The van der Waals surface area contributed by atoms with Gasteiger partial charge in [-0.25, -0.2) is 0 Å². The molecule has 5 heteroatoms. The minimum absolute atomic E-state index is 0.0739. The largest absolute Gasteiger partial charge is 0.385 e. The Bertz CT molecular complexity index is 422. The van der Waals surface area contributed by atoms with E-state index in [-0.39, 0.29) is 4.90 Å². The van der Waals surface area contributed by atoms with E-state index in [1.165, 1.54) is 12.1 Å². The molecule has 0 aliphatic rings. The van der Waals surface area contributed by atoms with Crippen molar-refractivity contribution >= 4 is 10.1 Å². The summed E-state index contributed by atoms with van der Waals surface area (Å²) in [6.07, 6.45) is 0.877. The molecule has 16 heavy (non-hydrogen) atoms. The average Bonchev–Trinajstić information content (AvgIpc) is 2.25. The van der Waals surface area contributed by atoms with Gasteiger partial charge in [0, 0.05) is 13.7 Å².